The number of hydrogen-bond acceptors (Lipinski definition) is 5. The number of methoxy groups -OCH3 is 1. The van der Waals surface area contributed by atoms with Crippen LogP contribution < -0.4 is 20.1 Å². The van der Waals surface area contributed by atoms with Gasteiger partial charge in [-0.1, -0.05) is 14.0 Å². The van der Waals surface area contributed by atoms with Crippen molar-refractivity contribution in [3.05, 3.63) is 60.8 Å². The van der Waals surface area contributed by atoms with Crippen molar-refractivity contribution in [3.63, 3.8) is 0 Å². The summed E-state index contributed by atoms with van der Waals surface area (Å²) >= 11 is 0. The molecule has 2 aromatic carbocycles. The molecule has 3 unspecified atom stereocenters. The van der Waals surface area contributed by atoms with Crippen LogP contribution in [-0.2, 0) is 0 Å². The van der Waals surface area contributed by atoms with Gasteiger partial charge in [0.25, 0.3) is 0 Å². The first-order valence-corrected chi connectivity index (χ1v) is 14.8. The molecule has 2 aliphatic rings. The second-order valence-electron chi connectivity index (χ2n) is 10.2. The van der Waals surface area contributed by atoms with E-state index in [-0.39, 0.29) is 7.92 Å². The van der Waals surface area contributed by atoms with Crippen LogP contribution in [0.1, 0.15) is 12.8 Å². The van der Waals surface area contributed by atoms with Crippen molar-refractivity contribution in [1.82, 2.24) is 14.9 Å². The molecule has 1 aliphatic carbocycles. The molecule has 0 spiro atoms. The van der Waals surface area contributed by atoms with Gasteiger partial charge in [-0.2, -0.15) is 0 Å². The molecule has 1 saturated heterocycles. The van der Waals surface area contributed by atoms with Gasteiger partial charge in [0, 0.05) is 53.2 Å². The third kappa shape index (κ3) is 4.23. The number of aromatic amines is 1. The van der Waals surface area contributed by atoms with Crippen molar-refractivity contribution >= 4 is 35.6 Å². The number of ether oxygens (including phenoxy) is 2. The van der Waals surface area contributed by atoms with Crippen LogP contribution in [0.5, 0.6) is 11.5 Å². The first-order chi connectivity index (χ1) is 17.5. The molecule has 1 saturated carbocycles. The molecule has 3 atom stereocenters. The average Bonchev–Trinajstić information content (AvgIpc) is 3.58. The van der Waals surface area contributed by atoms with Crippen LogP contribution in [0, 0.1) is 5.92 Å². The topological polar surface area (TPSA) is 62.4 Å². The zero-order chi connectivity index (χ0) is 24.8. The molecule has 2 aromatic heterocycles. The number of likely N-dealkylation sites (tertiary alicyclic amines) is 1. The van der Waals surface area contributed by atoms with E-state index in [9.17, 15) is 0 Å². The summed E-state index contributed by atoms with van der Waals surface area (Å²) in [5.41, 5.74) is 5.12. The van der Waals surface area contributed by atoms with Gasteiger partial charge in [-0.3, -0.25) is 0 Å². The lowest BCUT2D eigenvalue weighted by Gasteiger charge is -2.28. The largest absolute Gasteiger partial charge is 0.496 e. The highest BCUT2D eigenvalue weighted by atomic mass is 31.1. The number of hydrogen-bond donors (Lipinski definition) is 2. The Labute approximate surface area is 213 Å². The van der Waals surface area contributed by atoms with E-state index in [1.54, 1.807) is 7.11 Å². The molecule has 4 aromatic rings. The predicted molar refractivity (Wildman–Crippen MR) is 150 cm³/mol. The van der Waals surface area contributed by atoms with E-state index in [2.05, 4.69) is 77.0 Å². The minimum Gasteiger partial charge on any atom is -0.496 e. The van der Waals surface area contributed by atoms with Gasteiger partial charge >= 0.3 is 0 Å². The van der Waals surface area contributed by atoms with Crippen LogP contribution in [0.15, 0.2) is 60.8 Å². The summed E-state index contributed by atoms with van der Waals surface area (Å²) in [7, 11) is 3.61. The molecular weight excluding hydrogens is 467 g/mol. The fraction of sp³-hybridized carbons (Fsp3) is 0.345. The third-order valence-electron chi connectivity index (χ3n) is 7.67. The van der Waals surface area contributed by atoms with Gasteiger partial charge in [-0.25, -0.2) is 4.98 Å². The highest BCUT2D eigenvalue weighted by molar-refractivity contribution is 7.64. The second-order valence-corrected chi connectivity index (χ2v) is 12.4. The molecule has 6 rings (SSSR count). The molecular formula is C29H33N4O2P. The highest BCUT2D eigenvalue weighted by Gasteiger charge is 2.44. The molecule has 2 fully saturated rings. The van der Waals surface area contributed by atoms with Crippen LogP contribution in [0.25, 0.3) is 22.3 Å². The van der Waals surface area contributed by atoms with E-state index in [0.29, 0.717) is 18.1 Å². The standard InChI is InChI=1S/C29H33N4O2P/c1-33-17-19-14-20(33)15-27(19)35-21-10-8-18(9-11-21)25-16-22-23(12-13-30-29(22)32-25)31-24-6-5-7-26(34-2)28(24)36(3)4/h5-13,16,19-20,27H,14-15,17H2,1-4H3,(H2,30,31,32). The number of aromatic nitrogens is 2. The fourth-order valence-corrected chi connectivity index (χ4v) is 7.07. The number of fused-ring (bicyclic) bond motifs is 3. The van der Waals surface area contributed by atoms with Crippen LogP contribution in [0.4, 0.5) is 11.4 Å². The number of piperidine rings is 1. The lowest BCUT2D eigenvalue weighted by atomic mass is 10.1. The lowest BCUT2D eigenvalue weighted by Crippen LogP contribution is -2.37. The quantitative estimate of drug-likeness (QED) is 0.313. The van der Waals surface area contributed by atoms with Crippen LogP contribution in [-0.4, -0.2) is 61.0 Å². The Morgan fingerprint density at radius 1 is 1.06 bits per heavy atom. The predicted octanol–water partition coefficient (Wildman–Crippen LogP) is 5.82. The van der Waals surface area contributed by atoms with Gasteiger partial charge in [0.15, 0.2) is 0 Å². The summed E-state index contributed by atoms with van der Waals surface area (Å²) in [6.45, 7) is 5.65. The normalized spacial score (nSPS) is 21.4. The Morgan fingerprint density at radius 2 is 1.89 bits per heavy atom. The van der Waals surface area contributed by atoms with Crippen LogP contribution >= 0.6 is 7.92 Å². The Morgan fingerprint density at radius 3 is 2.58 bits per heavy atom. The van der Waals surface area contributed by atoms with Crippen molar-refractivity contribution < 1.29 is 9.47 Å². The fourth-order valence-electron chi connectivity index (χ4n) is 5.85. The van der Waals surface area contributed by atoms with E-state index in [0.717, 1.165) is 58.1 Å². The van der Waals surface area contributed by atoms with Gasteiger partial charge in [0.1, 0.15) is 23.3 Å². The summed E-state index contributed by atoms with van der Waals surface area (Å²) < 4.78 is 12.0. The van der Waals surface area contributed by atoms with Gasteiger partial charge < -0.3 is 24.7 Å². The number of nitrogens with one attached hydrogen (secondary N) is 2. The van der Waals surface area contributed by atoms with E-state index < -0.39 is 0 Å². The molecule has 0 amide bonds. The van der Waals surface area contributed by atoms with Gasteiger partial charge in [0.05, 0.1) is 12.8 Å². The molecule has 1 aliphatic heterocycles. The lowest BCUT2D eigenvalue weighted by molar-refractivity contribution is 0.105. The molecule has 3 heterocycles. The van der Waals surface area contributed by atoms with Gasteiger partial charge in [0.2, 0.25) is 0 Å². The van der Waals surface area contributed by atoms with E-state index in [4.69, 9.17) is 9.47 Å². The molecule has 186 valence electrons. The Bertz CT molecular complexity index is 1380. The Hall–Kier alpha value is -3.08. The zero-order valence-corrected chi connectivity index (χ0v) is 22.2. The maximum Gasteiger partial charge on any atom is 0.139 e. The van der Waals surface area contributed by atoms with Crippen LogP contribution in [0.3, 0.4) is 0 Å². The Balaban J connectivity index is 1.24. The number of H-pyrrole nitrogens is 1. The van der Waals surface area contributed by atoms with Crippen molar-refractivity contribution in [2.75, 3.05) is 39.3 Å². The first kappa shape index (κ1) is 23.3. The molecule has 2 bridgehead atoms. The smallest absolute Gasteiger partial charge is 0.139 e. The average molecular weight is 501 g/mol. The number of pyridine rings is 1. The maximum atomic E-state index is 6.37. The number of anilines is 2. The molecule has 36 heavy (non-hydrogen) atoms. The van der Waals surface area contributed by atoms with E-state index >= 15 is 0 Å². The van der Waals surface area contributed by atoms with Crippen molar-refractivity contribution in [2.24, 2.45) is 5.92 Å². The monoisotopic (exact) mass is 500 g/mol. The highest BCUT2D eigenvalue weighted by Crippen LogP contribution is 2.40. The van der Waals surface area contributed by atoms with Gasteiger partial charge in [-0.15, -0.1) is 0 Å². The molecule has 7 heteroatoms. The van der Waals surface area contributed by atoms with Gasteiger partial charge in [-0.05, 0) is 80.9 Å². The summed E-state index contributed by atoms with van der Waals surface area (Å²) in [6, 6.07) is 19.5. The number of nitrogens with zero attached hydrogens (tertiary/aromatic N) is 2. The molecule has 6 nitrogen and oxygen atoms in total. The van der Waals surface area contributed by atoms with Crippen molar-refractivity contribution in [1.29, 1.82) is 0 Å². The van der Waals surface area contributed by atoms with Crippen molar-refractivity contribution in [2.45, 2.75) is 25.0 Å². The summed E-state index contributed by atoms with van der Waals surface area (Å²) in [4.78, 5) is 10.6. The van der Waals surface area contributed by atoms with Crippen LogP contribution in [0.2, 0.25) is 0 Å². The third-order valence-corrected chi connectivity index (χ3v) is 9.03. The van der Waals surface area contributed by atoms with E-state index in [1.807, 2.05) is 24.4 Å². The number of benzene rings is 2. The van der Waals surface area contributed by atoms with E-state index in [1.165, 1.54) is 11.7 Å². The van der Waals surface area contributed by atoms with Crippen molar-refractivity contribution in [3.8, 4) is 22.8 Å². The molecule has 2 N–H and O–H groups in total. The summed E-state index contributed by atoms with van der Waals surface area (Å²) in [6.07, 6.45) is 4.60. The maximum absolute atomic E-state index is 6.37. The SMILES string of the molecule is COc1cccc(Nc2ccnc3[nH]c(-c4ccc(OC5CC6CC5CN6C)cc4)cc23)c1P(C)C. The second kappa shape index (κ2) is 9.42. The summed E-state index contributed by atoms with van der Waals surface area (Å²) in [5.74, 6) is 2.54. The number of rotatable bonds is 7. The first-order valence-electron chi connectivity index (χ1n) is 12.6. The zero-order valence-electron chi connectivity index (χ0n) is 21.3. The Kier molecular flexibility index (Phi) is 6.10. The minimum atomic E-state index is -0.351. The summed E-state index contributed by atoms with van der Waals surface area (Å²) in [5, 5.41) is 5.94. The molecule has 0 radical (unpaired) electrons. The minimum absolute atomic E-state index is 0.344.